The molecule has 0 aliphatic heterocycles. The molecule has 0 aliphatic carbocycles. The number of anilines is 1. The molecule has 0 unspecified atom stereocenters. The summed E-state index contributed by atoms with van der Waals surface area (Å²) in [6, 6.07) is 5.74. The van der Waals surface area contributed by atoms with Gasteiger partial charge in [-0.3, -0.25) is 4.98 Å². The normalized spacial score (nSPS) is 11.7. The summed E-state index contributed by atoms with van der Waals surface area (Å²) in [5, 5.41) is 4.41. The van der Waals surface area contributed by atoms with Crippen molar-refractivity contribution in [3.05, 3.63) is 42.4 Å². The second-order valence-electron chi connectivity index (χ2n) is 6.97. The minimum Gasteiger partial charge on any atom is -0.382 e. The third-order valence-electron chi connectivity index (χ3n) is 4.16. The van der Waals surface area contributed by atoms with Crippen molar-refractivity contribution in [3.63, 3.8) is 0 Å². The standard InChI is InChI=1S/C19H26N6/c1-14(2)12-24(3)10-6-7-15-11-22-19-17(16-8-4-5-9-21-16)18(20)23-25(19)13-15/h4-5,8-9,11,13-14H,6-7,10,12H2,1-3H3,(H2,20,23). The Bertz CT molecular complexity index is 825. The van der Waals surface area contributed by atoms with Gasteiger partial charge in [0.25, 0.3) is 0 Å². The number of fused-ring (bicyclic) bond motifs is 1. The van der Waals surface area contributed by atoms with E-state index in [4.69, 9.17) is 5.73 Å². The highest BCUT2D eigenvalue weighted by molar-refractivity contribution is 5.84. The molecule has 0 radical (unpaired) electrons. The van der Waals surface area contributed by atoms with Crippen LogP contribution in [0.1, 0.15) is 25.8 Å². The molecule has 0 spiro atoms. The molecule has 0 aliphatic rings. The molecule has 0 saturated carbocycles. The van der Waals surface area contributed by atoms with Gasteiger partial charge < -0.3 is 10.6 Å². The van der Waals surface area contributed by atoms with Gasteiger partial charge in [0.15, 0.2) is 11.5 Å². The fraction of sp³-hybridized carbons (Fsp3) is 0.421. The lowest BCUT2D eigenvalue weighted by Crippen LogP contribution is -2.24. The molecule has 0 fully saturated rings. The van der Waals surface area contributed by atoms with Gasteiger partial charge in [0.2, 0.25) is 0 Å². The van der Waals surface area contributed by atoms with Crippen molar-refractivity contribution in [1.29, 1.82) is 0 Å². The Morgan fingerprint density at radius 3 is 2.80 bits per heavy atom. The molecule has 6 heteroatoms. The number of nitrogens with two attached hydrogens (primary N) is 1. The fourth-order valence-corrected chi connectivity index (χ4v) is 3.14. The molecule has 6 nitrogen and oxygen atoms in total. The van der Waals surface area contributed by atoms with E-state index in [9.17, 15) is 0 Å². The lowest BCUT2D eigenvalue weighted by molar-refractivity contribution is 0.292. The zero-order valence-electron chi connectivity index (χ0n) is 15.2. The molecule has 0 saturated heterocycles. The second kappa shape index (κ2) is 7.61. The van der Waals surface area contributed by atoms with Crippen LogP contribution in [-0.4, -0.2) is 44.6 Å². The van der Waals surface area contributed by atoms with Crippen molar-refractivity contribution >= 4 is 11.5 Å². The smallest absolute Gasteiger partial charge is 0.166 e. The van der Waals surface area contributed by atoms with E-state index in [1.165, 1.54) is 5.56 Å². The van der Waals surface area contributed by atoms with Gasteiger partial charge in [-0.2, -0.15) is 0 Å². The van der Waals surface area contributed by atoms with Crippen molar-refractivity contribution < 1.29 is 0 Å². The molecule has 0 atom stereocenters. The van der Waals surface area contributed by atoms with Gasteiger partial charge in [-0.25, -0.2) is 9.50 Å². The number of nitrogen functional groups attached to an aromatic ring is 1. The molecule has 3 aromatic heterocycles. The van der Waals surface area contributed by atoms with E-state index in [0.717, 1.165) is 42.8 Å². The largest absolute Gasteiger partial charge is 0.382 e. The Kier molecular flexibility index (Phi) is 5.28. The van der Waals surface area contributed by atoms with Gasteiger partial charge in [-0.1, -0.05) is 19.9 Å². The first kappa shape index (κ1) is 17.4. The minimum atomic E-state index is 0.458. The van der Waals surface area contributed by atoms with Crippen LogP contribution in [0, 0.1) is 5.92 Å². The topological polar surface area (TPSA) is 72.3 Å². The number of aromatic nitrogens is 4. The van der Waals surface area contributed by atoms with E-state index in [1.54, 1.807) is 10.7 Å². The van der Waals surface area contributed by atoms with Gasteiger partial charge in [-0.15, -0.1) is 5.10 Å². The lowest BCUT2D eigenvalue weighted by atomic mass is 10.1. The van der Waals surface area contributed by atoms with Crippen molar-refractivity contribution in [1.82, 2.24) is 24.5 Å². The van der Waals surface area contributed by atoms with Crippen LogP contribution in [0.5, 0.6) is 0 Å². The maximum atomic E-state index is 6.10. The molecule has 3 aromatic rings. The summed E-state index contributed by atoms with van der Waals surface area (Å²) in [4.78, 5) is 11.3. The minimum absolute atomic E-state index is 0.458. The molecule has 0 amide bonds. The monoisotopic (exact) mass is 338 g/mol. The first-order valence-electron chi connectivity index (χ1n) is 8.77. The summed E-state index contributed by atoms with van der Waals surface area (Å²) in [5.41, 5.74) is 9.61. The quantitative estimate of drug-likeness (QED) is 0.717. The number of hydrogen-bond donors (Lipinski definition) is 1. The molecular formula is C19H26N6. The summed E-state index contributed by atoms with van der Waals surface area (Å²) in [6.07, 6.45) is 7.77. The zero-order chi connectivity index (χ0) is 17.8. The molecule has 25 heavy (non-hydrogen) atoms. The Morgan fingerprint density at radius 1 is 1.24 bits per heavy atom. The summed E-state index contributed by atoms with van der Waals surface area (Å²) in [5.74, 6) is 1.15. The predicted molar refractivity (Wildman–Crippen MR) is 101 cm³/mol. The highest BCUT2D eigenvalue weighted by Gasteiger charge is 2.14. The van der Waals surface area contributed by atoms with Gasteiger partial charge in [0.05, 0.1) is 11.3 Å². The van der Waals surface area contributed by atoms with Crippen molar-refractivity contribution in [2.45, 2.75) is 26.7 Å². The molecule has 3 rings (SSSR count). The summed E-state index contributed by atoms with van der Waals surface area (Å²) in [7, 11) is 2.18. The maximum absolute atomic E-state index is 6.10. The Balaban J connectivity index is 1.74. The Morgan fingerprint density at radius 2 is 2.08 bits per heavy atom. The molecular weight excluding hydrogens is 312 g/mol. The molecule has 3 heterocycles. The third kappa shape index (κ3) is 4.14. The van der Waals surface area contributed by atoms with E-state index in [-0.39, 0.29) is 0 Å². The van der Waals surface area contributed by atoms with Crippen LogP contribution in [0.25, 0.3) is 16.9 Å². The summed E-state index contributed by atoms with van der Waals surface area (Å²) >= 11 is 0. The first-order valence-corrected chi connectivity index (χ1v) is 8.77. The number of rotatable bonds is 7. The Labute approximate surface area is 148 Å². The number of nitrogens with zero attached hydrogens (tertiary/aromatic N) is 5. The van der Waals surface area contributed by atoms with E-state index in [2.05, 4.69) is 40.9 Å². The van der Waals surface area contributed by atoms with Crippen molar-refractivity contribution in [2.24, 2.45) is 5.92 Å². The van der Waals surface area contributed by atoms with Gasteiger partial charge in [0.1, 0.15) is 0 Å². The second-order valence-corrected chi connectivity index (χ2v) is 6.97. The van der Waals surface area contributed by atoms with Crippen LogP contribution < -0.4 is 5.73 Å². The number of aryl methyl sites for hydroxylation is 1. The van der Waals surface area contributed by atoms with Crippen molar-refractivity contribution in [2.75, 3.05) is 25.9 Å². The van der Waals surface area contributed by atoms with Gasteiger partial charge in [0, 0.05) is 25.1 Å². The van der Waals surface area contributed by atoms with Crippen LogP contribution in [0.4, 0.5) is 5.82 Å². The molecule has 0 bridgehead atoms. The SMILES string of the molecule is CC(C)CN(C)CCCc1cnc2c(-c3ccccn3)c(N)nn2c1. The van der Waals surface area contributed by atoms with E-state index in [1.807, 2.05) is 30.6 Å². The van der Waals surface area contributed by atoms with Crippen LogP contribution in [0.3, 0.4) is 0 Å². The lowest BCUT2D eigenvalue weighted by Gasteiger charge is -2.18. The first-order chi connectivity index (χ1) is 12.0. The number of hydrogen-bond acceptors (Lipinski definition) is 5. The average molecular weight is 338 g/mol. The third-order valence-corrected chi connectivity index (χ3v) is 4.16. The van der Waals surface area contributed by atoms with Crippen LogP contribution in [0.15, 0.2) is 36.8 Å². The van der Waals surface area contributed by atoms with Crippen LogP contribution >= 0.6 is 0 Å². The van der Waals surface area contributed by atoms with Gasteiger partial charge in [-0.05, 0) is 50.0 Å². The van der Waals surface area contributed by atoms with E-state index < -0.39 is 0 Å². The molecule has 132 valence electrons. The predicted octanol–water partition coefficient (Wildman–Crippen LogP) is 2.89. The number of pyridine rings is 1. The maximum Gasteiger partial charge on any atom is 0.166 e. The summed E-state index contributed by atoms with van der Waals surface area (Å²) < 4.78 is 1.77. The highest BCUT2D eigenvalue weighted by Crippen LogP contribution is 2.27. The van der Waals surface area contributed by atoms with E-state index in [0.29, 0.717) is 11.7 Å². The molecule has 2 N–H and O–H groups in total. The van der Waals surface area contributed by atoms with Crippen LogP contribution in [0.2, 0.25) is 0 Å². The van der Waals surface area contributed by atoms with E-state index >= 15 is 0 Å². The zero-order valence-corrected chi connectivity index (χ0v) is 15.2. The van der Waals surface area contributed by atoms with Crippen molar-refractivity contribution in [3.8, 4) is 11.3 Å². The molecule has 0 aromatic carbocycles. The highest BCUT2D eigenvalue weighted by atomic mass is 15.3. The van der Waals surface area contributed by atoms with Gasteiger partial charge >= 0.3 is 0 Å². The Hall–Kier alpha value is -2.47. The average Bonchev–Trinajstić information content (AvgIpc) is 2.90. The fourth-order valence-electron chi connectivity index (χ4n) is 3.14. The van der Waals surface area contributed by atoms with Crippen LogP contribution in [-0.2, 0) is 6.42 Å². The summed E-state index contributed by atoms with van der Waals surface area (Å²) in [6.45, 7) is 6.70.